The van der Waals surface area contributed by atoms with Crippen LogP contribution in [0, 0.1) is 12.7 Å². The Labute approximate surface area is 162 Å². The number of aromatic nitrogens is 1. The fraction of sp³-hybridized carbons (Fsp3) is 0.474. The molecule has 1 aliphatic rings. The van der Waals surface area contributed by atoms with E-state index in [0.29, 0.717) is 31.8 Å². The Balaban J connectivity index is 1.76. The second-order valence-electron chi connectivity index (χ2n) is 6.79. The zero-order valence-electron chi connectivity index (χ0n) is 15.6. The standard InChI is InChI=1S/C19H25FN4O2S/c1-14-17(27-13-22-14)11-24-8-6-19(12-24,18(25)21-7-9-26-2)23-16-5-3-4-15(20)10-16/h3-5,10,13,23H,6-9,11-12H2,1-2H3,(H,21,25). The third-order valence-electron chi connectivity index (χ3n) is 4.80. The molecular formula is C19H25FN4O2S. The minimum atomic E-state index is -0.805. The summed E-state index contributed by atoms with van der Waals surface area (Å²) < 4.78 is 18.6. The second kappa shape index (κ2) is 8.77. The van der Waals surface area contributed by atoms with Gasteiger partial charge >= 0.3 is 0 Å². The molecule has 2 aromatic rings. The maximum absolute atomic E-state index is 13.6. The first kappa shape index (κ1) is 19.7. The Morgan fingerprint density at radius 2 is 2.33 bits per heavy atom. The van der Waals surface area contributed by atoms with Crippen LogP contribution >= 0.6 is 11.3 Å². The first-order chi connectivity index (χ1) is 13.0. The first-order valence-electron chi connectivity index (χ1n) is 8.95. The maximum atomic E-state index is 13.6. The van der Waals surface area contributed by atoms with Gasteiger partial charge in [0.2, 0.25) is 5.91 Å². The van der Waals surface area contributed by atoms with Crippen LogP contribution in [0.3, 0.4) is 0 Å². The summed E-state index contributed by atoms with van der Waals surface area (Å²) >= 11 is 1.63. The van der Waals surface area contributed by atoms with Gasteiger partial charge in [0.1, 0.15) is 11.4 Å². The van der Waals surface area contributed by atoms with Crippen molar-refractivity contribution in [3.63, 3.8) is 0 Å². The third kappa shape index (κ3) is 4.82. The zero-order chi connectivity index (χ0) is 19.3. The number of methoxy groups -OCH3 is 1. The maximum Gasteiger partial charge on any atom is 0.247 e. The van der Waals surface area contributed by atoms with Crippen molar-refractivity contribution in [1.29, 1.82) is 0 Å². The molecule has 1 saturated heterocycles. The number of rotatable bonds is 8. The van der Waals surface area contributed by atoms with Gasteiger partial charge in [-0.3, -0.25) is 9.69 Å². The van der Waals surface area contributed by atoms with Gasteiger partial charge in [-0.1, -0.05) is 6.07 Å². The predicted octanol–water partition coefficient (Wildman–Crippen LogP) is 2.41. The second-order valence-corrected chi connectivity index (χ2v) is 7.73. The molecule has 0 saturated carbocycles. The molecule has 6 nitrogen and oxygen atoms in total. The van der Waals surface area contributed by atoms with E-state index < -0.39 is 5.54 Å². The molecule has 146 valence electrons. The molecule has 1 aromatic carbocycles. The average Bonchev–Trinajstić information content (AvgIpc) is 3.23. The predicted molar refractivity (Wildman–Crippen MR) is 104 cm³/mol. The van der Waals surface area contributed by atoms with Crippen LogP contribution < -0.4 is 10.6 Å². The van der Waals surface area contributed by atoms with Gasteiger partial charge in [-0.05, 0) is 31.5 Å². The van der Waals surface area contributed by atoms with E-state index in [9.17, 15) is 9.18 Å². The molecule has 2 heterocycles. The molecule has 1 aliphatic heterocycles. The smallest absolute Gasteiger partial charge is 0.247 e. The number of ether oxygens (including phenoxy) is 1. The van der Waals surface area contributed by atoms with Gasteiger partial charge in [-0.2, -0.15) is 0 Å². The average molecular weight is 393 g/mol. The summed E-state index contributed by atoms with van der Waals surface area (Å²) in [5.41, 5.74) is 2.67. The quantitative estimate of drug-likeness (QED) is 0.676. The van der Waals surface area contributed by atoms with Gasteiger partial charge in [-0.25, -0.2) is 9.37 Å². The fourth-order valence-electron chi connectivity index (χ4n) is 3.33. The Morgan fingerprint density at radius 3 is 3.04 bits per heavy atom. The Kier molecular flexibility index (Phi) is 6.41. The molecule has 1 amide bonds. The largest absolute Gasteiger partial charge is 0.383 e. The molecule has 0 spiro atoms. The summed E-state index contributed by atoms with van der Waals surface area (Å²) in [5, 5.41) is 6.23. The number of carbonyl (C=O) groups is 1. The molecule has 1 unspecified atom stereocenters. The number of benzene rings is 1. The summed E-state index contributed by atoms with van der Waals surface area (Å²) in [6.45, 7) is 4.96. The van der Waals surface area contributed by atoms with Crippen LogP contribution in [0.15, 0.2) is 29.8 Å². The van der Waals surface area contributed by atoms with E-state index in [-0.39, 0.29) is 11.7 Å². The monoisotopic (exact) mass is 392 g/mol. The lowest BCUT2D eigenvalue weighted by Crippen LogP contribution is -2.54. The van der Waals surface area contributed by atoms with E-state index in [1.54, 1.807) is 30.6 Å². The van der Waals surface area contributed by atoms with Crippen LogP contribution in [-0.2, 0) is 16.1 Å². The molecular weight excluding hydrogens is 367 g/mol. The highest BCUT2D eigenvalue weighted by molar-refractivity contribution is 7.09. The number of aryl methyl sites for hydroxylation is 1. The van der Waals surface area contributed by atoms with Crippen LogP contribution in [-0.4, -0.2) is 54.7 Å². The third-order valence-corrected chi connectivity index (χ3v) is 5.71. The van der Waals surface area contributed by atoms with Crippen LogP contribution in [0.25, 0.3) is 0 Å². The number of nitrogens with zero attached hydrogens (tertiary/aromatic N) is 2. The summed E-state index contributed by atoms with van der Waals surface area (Å²) in [7, 11) is 1.60. The van der Waals surface area contributed by atoms with Gasteiger partial charge in [0.05, 0.1) is 17.8 Å². The van der Waals surface area contributed by atoms with E-state index in [1.165, 1.54) is 17.0 Å². The summed E-state index contributed by atoms with van der Waals surface area (Å²) in [5.74, 6) is -0.419. The normalized spacial score (nSPS) is 20.0. The van der Waals surface area contributed by atoms with Gasteiger partial charge in [-0.15, -0.1) is 11.3 Å². The molecule has 27 heavy (non-hydrogen) atoms. The number of hydrogen-bond donors (Lipinski definition) is 2. The molecule has 0 aliphatic carbocycles. The van der Waals surface area contributed by atoms with Crippen molar-refractivity contribution >= 4 is 22.9 Å². The topological polar surface area (TPSA) is 66.5 Å². The summed E-state index contributed by atoms with van der Waals surface area (Å²) in [4.78, 5) is 20.7. The fourth-order valence-corrected chi connectivity index (χ4v) is 4.15. The highest BCUT2D eigenvalue weighted by Gasteiger charge is 2.44. The lowest BCUT2D eigenvalue weighted by molar-refractivity contribution is -0.125. The Bertz CT molecular complexity index is 785. The highest BCUT2D eigenvalue weighted by atomic mass is 32.1. The minimum absolute atomic E-state index is 0.0904. The number of hydrogen-bond acceptors (Lipinski definition) is 6. The Hall–Kier alpha value is -2.03. The molecule has 0 bridgehead atoms. The zero-order valence-corrected chi connectivity index (χ0v) is 16.4. The van der Waals surface area contributed by atoms with Gasteiger partial charge in [0, 0.05) is 43.9 Å². The number of carbonyl (C=O) groups excluding carboxylic acids is 1. The van der Waals surface area contributed by atoms with Crippen LogP contribution in [0.5, 0.6) is 0 Å². The SMILES string of the molecule is COCCNC(=O)C1(Nc2cccc(F)c2)CCN(Cc2scnc2C)C1. The van der Waals surface area contributed by atoms with Crippen LogP contribution in [0.4, 0.5) is 10.1 Å². The van der Waals surface area contributed by atoms with E-state index in [4.69, 9.17) is 4.74 Å². The van der Waals surface area contributed by atoms with Gasteiger partial charge < -0.3 is 15.4 Å². The molecule has 1 aromatic heterocycles. The number of amides is 1. The lowest BCUT2D eigenvalue weighted by atomic mass is 9.96. The van der Waals surface area contributed by atoms with Crippen molar-refractivity contribution in [3.05, 3.63) is 46.2 Å². The number of halogens is 1. The Morgan fingerprint density at radius 1 is 1.48 bits per heavy atom. The van der Waals surface area contributed by atoms with Crippen molar-refractivity contribution < 1.29 is 13.9 Å². The van der Waals surface area contributed by atoms with E-state index in [1.807, 2.05) is 12.4 Å². The van der Waals surface area contributed by atoms with Crippen molar-refractivity contribution in [2.45, 2.75) is 25.4 Å². The van der Waals surface area contributed by atoms with E-state index in [2.05, 4.69) is 20.5 Å². The number of thiazole rings is 1. The van der Waals surface area contributed by atoms with Gasteiger partial charge in [0.25, 0.3) is 0 Å². The summed E-state index contributed by atoms with van der Waals surface area (Å²) in [6, 6.07) is 6.23. The molecule has 0 radical (unpaired) electrons. The van der Waals surface area contributed by atoms with E-state index in [0.717, 1.165) is 18.8 Å². The molecule has 1 fully saturated rings. The number of nitrogens with one attached hydrogen (secondary N) is 2. The van der Waals surface area contributed by atoms with Crippen molar-refractivity contribution in [2.75, 3.05) is 38.7 Å². The minimum Gasteiger partial charge on any atom is -0.383 e. The van der Waals surface area contributed by atoms with Crippen molar-refractivity contribution in [3.8, 4) is 0 Å². The van der Waals surface area contributed by atoms with Crippen molar-refractivity contribution in [2.24, 2.45) is 0 Å². The molecule has 3 rings (SSSR count). The molecule has 1 atom stereocenters. The number of anilines is 1. The highest BCUT2D eigenvalue weighted by Crippen LogP contribution is 2.29. The van der Waals surface area contributed by atoms with E-state index >= 15 is 0 Å². The first-order valence-corrected chi connectivity index (χ1v) is 9.83. The van der Waals surface area contributed by atoms with Crippen LogP contribution in [0.1, 0.15) is 17.0 Å². The summed E-state index contributed by atoms with van der Waals surface area (Å²) in [6.07, 6.45) is 0.639. The molecule has 8 heteroatoms. The van der Waals surface area contributed by atoms with Crippen LogP contribution in [0.2, 0.25) is 0 Å². The van der Waals surface area contributed by atoms with Gasteiger partial charge in [0.15, 0.2) is 0 Å². The lowest BCUT2D eigenvalue weighted by Gasteiger charge is -2.30. The molecule has 2 N–H and O–H groups in total. The number of likely N-dealkylation sites (tertiary alicyclic amines) is 1. The van der Waals surface area contributed by atoms with Crippen molar-refractivity contribution in [1.82, 2.24) is 15.2 Å².